The average molecular weight is 145 g/mol. The fourth-order valence-electron chi connectivity index (χ4n) is 1.30. The number of methoxy groups -OCH3 is 1. The molecule has 3 nitrogen and oxygen atoms in total. The van der Waals surface area contributed by atoms with Gasteiger partial charge in [0.2, 0.25) is 0 Å². The molecule has 1 rings (SSSR count). The zero-order valence-electron chi connectivity index (χ0n) is 6.38. The van der Waals surface area contributed by atoms with Crippen LogP contribution in [-0.2, 0) is 9.47 Å². The highest BCUT2D eigenvalue weighted by Crippen LogP contribution is 2.16. The number of hydrogen-bond acceptors (Lipinski definition) is 3. The Labute approximate surface area is 61.5 Å². The molecule has 0 bridgehead atoms. The van der Waals surface area contributed by atoms with Gasteiger partial charge in [0.1, 0.15) is 0 Å². The first kappa shape index (κ1) is 7.98. The van der Waals surface area contributed by atoms with Gasteiger partial charge in [-0.1, -0.05) is 0 Å². The van der Waals surface area contributed by atoms with Gasteiger partial charge in [-0.15, -0.1) is 0 Å². The summed E-state index contributed by atoms with van der Waals surface area (Å²) in [5.74, 6) is 0. The largest absolute Gasteiger partial charge is 0.377 e. The van der Waals surface area contributed by atoms with Crippen LogP contribution in [-0.4, -0.2) is 32.5 Å². The van der Waals surface area contributed by atoms with Gasteiger partial charge < -0.3 is 15.2 Å². The van der Waals surface area contributed by atoms with Gasteiger partial charge in [-0.25, -0.2) is 0 Å². The van der Waals surface area contributed by atoms with E-state index in [4.69, 9.17) is 15.2 Å². The van der Waals surface area contributed by atoms with Crippen molar-refractivity contribution >= 4 is 0 Å². The zero-order valence-corrected chi connectivity index (χ0v) is 6.38. The van der Waals surface area contributed by atoms with Crippen LogP contribution >= 0.6 is 0 Å². The molecule has 10 heavy (non-hydrogen) atoms. The molecule has 0 spiro atoms. The van der Waals surface area contributed by atoms with Crippen molar-refractivity contribution in [3.63, 3.8) is 0 Å². The monoisotopic (exact) mass is 145 g/mol. The van der Waals surface area contributed by atoms with E-state index in [0.29, 0.717) is 6.54 Å². The molecule has 1 saturated heterocycles. The Hall–Kier alpha value is -0.120. The molecular formula is C7H15NO2. The second-order valence-electron chi connectivity index (χ2n) is 2.56. The first-order chi connectivity index (χ1) is 4.88. The summed E-state index contributed by atoms with van der Waals surface area (Å²) in [5.41, 5.74) is 5.46. The molecule has 0 aromatic rings. The van der Waals surface area contributed by atoms with E-state index in [-0.39, 0.29) is 12.2 Å². The summed E-state index contributed by atoms with van der Waals surface area (Å²) in [4.78, 5) is 0. The molecule has 0 amide bonds. The summed E-state index contributed by atoms with van der Waals surface area (Å²) in [6.07, 6.45) is 2.58. The van der Waals surface area contributed by atoms with Gasteiger partial charge in [0.05, 0.1) is 12.2 Å². The van der Waals surface area contributed by atoms with Gasteiger partial charge >= 0.3 is 0 Å². The fraction of sp³-hybridized carbons (Fsp3) is 1.00. The number of rotatable bonds is 3. The first-order valence-corrected chi connectivity index (χ1v) is 3.73. The quantitative estimate of drug-likeness (QED) is 0.614. The molecule has 2 atom stereocenters. The maximum atomic E-state index is 5.46. The molecule has 1 heterocycles. The smallest absolute Gasteiger partial charge is 0.0954 e. The van der Waals surface area contributed by atoms with Crippen molar-refractivity contribution in [1.29, 1.82) is 0 Å². The highest BCUT2D eigenvalue weighted by atomic mass is 16.5. The van der Waals surface area contributed by atoms with Crippen LogP contribution in [0.2, 0.25) is 0 Å². The molecule has 0 aromatic carbocycles. The lowest BCUT2D eigenvalue weighted by Crippen LogP contribution is -2.34. The predicted molar refractivity (Wildman–Crippen MR) is 38.8 cm³/mol. The first-order valence-electron chi connectivity index (χ1n) is 3.73. The van der Waals surface area contributed by atoms with Crippen molar-refractivity contribution in [2.45, 2.75) is 25.0 Å². The van der Waals surface area contributed by atoms with Gasteiger partial charge in [0.15, 0.2) is 0 Å². The van der Waals surface area contributed by atoms with E-state index in [0.717, 1.165) is 19.4 Å². The fourth-order valence-corrected chi connectivity index (χ4v) is 1.30. The van der Waals surface area contributed by atoms with E-state index in [1.54, 1.807) is 7.11 Å². The molecule has 0 aliphatic carbocycles. The number of hydrogen-bond donors (Lipinski definition) is 1. The molecule has 0 saturated carbocycles. The summed E-state index contributed by atoms with van der Waals surface area (Å²) in [6.45, 7) is 1.42. The van der Waals surface area contributed by atoms with Gasteiger partial charge in [0.25, 0.3) is 0 Å². The molecule has 0 aromatic heterocycles. The minimum Gasteiger partial charge on any atom is -0.377 e. The lowest BCUT2D eigenvalue weighted by Gasteiger charge is -2.18. The van der Waals surface area contributed by atoms with Crippen LogP contribution in [0.3, 0.4) is 0 Å². The Balaban J connectivity index is 2.29. The van der Waals surface area contributed by atoms with Crippen LogP contribution in [0.1, 0.15) is 12.8 Å². The Morgan fingerprint density at radius 1 is 1.80 bits per heavy atom. The van der Waals surface area contributed by atoms with Crippen LogP contribution in [0.5, 0.6) is 0 Å². The van der Waals surface area contributed by atoms with Crippen molar-refractivity contribution in [2.75, 3.05) is 20.3 Å². The summed E-state index contributed by atoms with van der Waals surface area (Å²) in [5, 5.41) is 0. The number of nitrogens with two attached hydrogens (primary N) is 1. The van der Waals surface area contributed by atoms with Crippen molar-refractivity contribution in [3.8, 4) is 0 Å². The Morgan fingerprint density at radius 3 is 3.00 bits per heavy atom. The summed E-state index contributed by atoms with van der Waals surface area (Å²) in [6, 6.07) is 0. The summed E-state index contributed by atoms with van der Waals surface area (Å²) < 4.78 is 10.5. The van der Waals surface area contributed by atoms with E-state index < -0.39 is 0 Å². The van der Waals surface area contributed by atoms with E-state index >= 15 is 0 Å². The Morgan fingerprint density at radius 2 is 2.60 bits per heavy atom. The maximum Gasteiger partial charge on any atom is 0.0954 e. The normalized spacial score (nSPS) is 28.8. The van der Waals surface area contributed by atoms with Gasteiger partial charge in [-0.05, 0) is 12.8 Å². The zero-order chi connectivity index (χ0) is 7.40. The lowest BCUT2D eigenvalue weighted by molar-refractivity contribution is -0.0214. The van der Waals surface area contributed by atoms with Crippen LogP contribution in [0, 0.1) is 0 Å². The van der Waals surface area contributed by atoms with Crippen molar-refractivity contribution in [3.05, 3.63) is 0 Å². The van der Waals surface area contributed by atoms with E-state index in [9.17, 15) is 0 Å². The average Bonchev–Trinajstić information content (AvgIpc) is 2.43. The highest BCUT2D eigenvalue weighted by molar-refractivity contribution is 4.75. The van der Waals surface area contributed by atoms with Gasteiger partial charge in [-0.2, -0.15) is 0 Å². The van der Waals surface area contributed by atoms with Gasteiger partial charge in [0, 0.05) is 20.3 Å². The summed E-state index contributed by atoms with van der Waals surface area (Å²) >= 11 is 0. The van der Waals surface area contributed by atoms with Crippen molar-refractivity contribution in [2.24, 2.45) is 5.73 Å². The predicted octanol–water partition coefficient (Wildman–Crippen LogP) is 0.139. The van der Waals surface area contributed by atoms with Crippen LogP contribution < -0.4 is 5.73 Å². The highest BCUT2D eigenvalue weighted by Gasteiger charge is 2.24. The molecule has 2 unspecified atom stereocenters. The molecule has 1 aliphatic rings. The summed E-state index contributed by atoms with van der Waals surface area (Å²) in [7, 11) is 1.68. The third kappa shape index (κ3) is 1.68. The second-order valence-corrected chi connectivity index (χ2v) is 2.56. The molecule has 3 heteroatoms. The lowest BCUT2D eigenvalue weighted by atomic mass is 10.1. The van der Waals surface area contributed by atoms with E-state index in [1.807, 2.05) is 0 Å². The third-order valence-corrected chi connectivity index (χ3v) is 1.91. The second kappa shape index (κ2) is 3.91. The van der Waals surface area contributed by atoms with Crippen molar-refractivity contribution in [1.82, 2.24) is 0 Å². The molecule has 60 valence electrons. The van der Waals surface area contributed by atoms with Crippen LogP contribution in [0.25, 0.3) is 0 Å². The van der Waals surface area contributed by atoms with Crippen molar-refractivity contribution < 1.29 is 9.47 Å². The standard InChI is InChI=1S/C7H15NO2/c1-9-7(5-8)6-3-2-4-10-6/h6-7H,2-5,8H2,1H3. The van der Waals surface area contributed by atoms with Crippen LogP contribution in [0.15, 0.2) is 0 Å². The number of ether oxygens (including phenoxy) is 2. The molecule has 2 N–H and O–H groups in total. The van der Waals surface area contributed by atoms with E-state index in [2.05, 4.69) is 0 Å². The molecular weight excluding hydrogens is 130 g/mol. The topological polar surface area (TPSA) is 44.5 Å². The molecule has 0 radical (unpaired) electrons. The maximum absolute atomic E-state index is 5.46. The Kier molecular flexibility index (Phi) is 3.12. The van der Waals surface area contributed by atoms with E-state index in [1.165, 1.54) is 0 Å². The van der Waals surface area contributed by atoms with Gasteiger partial charge in [-0.3, -0.25) is 0 Å². The van der Waals surface area contributed by atoms with Crippen LogP contribution in [0.4, 0.5) is 0 Å². The Bertz CT molecular complexity index is 87.6. The minimum atomic E-state index is 0.0995. The third-order valence-electron chi connectivity index (χ3n) is 1.91. The SMILES string of the molecule is COC(CN)C1CCCO1. The molecule has 1 aliphatic heterocycles. The minimum absolute atomic E-state index is 0.0995. The molecule has 1 fully saturated rings.